The molecule has 0 amide bonds. The van der Waals surface area contributed by atoms with Gasteiger partial charge in [-0.1, -0.05) is 15.9 Å². The fourth-order valence-electron chi connectivity index (χ4n) is 2.12. The molecule has 0 bridgehead atoms. The van der Waals surface area contributed by atoms with Crippen LogP contribution in [0.4, 0.5) is 0 Å². The fraction of sp³-hybridized carbons (Fsp3) is 0.500. The number of piperazine rings is 1. The molecule has 0 aliphatic carbocycles. The van der Waals surface area contributed by atoms with Gasteiger partial charge in [-0.25, -0.2) is 8.42 Å². The van der Waals surface area contributed by atoms with Crippen LogP contribution in [0.2, 0.25) is 0 Å². The molecule has 1 heterocycles. The summed E-state index contributed by atoms with van der Waals surface area (Å²) in [7, 11) is -1.96. The van der Waals surface area contributed by atoms with Crippen molar-refractivity contribution in [3.05, 3.63) is 22.7 Å². The van der Waals surface area contributed by atoms with Crippen molar-refractivity contribution in [1.29, 1.82) is 0 Å². The quantitative estimate of drug-likeness (QED) is 0.897. The molecular weight excluding hydrogens is 332 g/mol. The number of hydrogen-bond acceptors (Lipinski definition) is 4. The van der Waals surface area contributed by atoms with Gasteiger partial charge in [-0.3, -0.25) is 0 Å². The van der Waals surface area contributed by atoms with E-state index in [4.69, 9.17) is 4.74 Å². The van der Waals surface area contributed by atoms with Crippen molar-refractivity contribution in [2.45, 2.75) is 17.9 Å². The van der Waals surface area contributed by atoms with Crippen LogP contribution in [0.3, 0.4) is 0 Å². The summed E-state index contributed by atoms with van der Waals surface area (Å²) in [5, 5.41) is 3.18. The Balaban J connectivity index is 2.41. The highest BCUT2D eigenvalue weighted by Gasteiger charge is 2.31. The highest BCUT2D eigenvalue weighted by atomic mass is 79.9. The molecule has 1 aliphatic heterocycles. The van der Waals surface area contributed by atoms with Gasteiger partial charge in [0.05, 0.1) is 12.0 Å². The molecule has 5 nitrogen and oxygen atoms in total. The molecule has 0 radical (unpaired) electrons. The summed E-state index contributed by atoms with van der Waals surface area (Å²) in [6, 6.07) is 4.84. The molecule has 1 atom stereocenters. The number of halogens is 1. The van der Waals surface area contributed by atoms with Crippen LogP contribution in [0.1, 0.15) is 6.92 Å². The van der Waals surface area contributed by atoms with Gasteiger partial charge in [0.2, 0.25) is 10.0 Å². The van der Waals surface area contributed by atoms with Gasteiger partial charge in [0.15, 0.2) is 0 Å². The molecule has 1 unspecified atom stereocenters. The van der Waals surface area contributed by atoms with Gasteiger partial charge in [-0.05, 0) is 19.1 Å². The van der Waals surface area contributed by atoms with Crippen LogP contribution in [-0.4, -0.2) is 45.5 Å². The predicted octanol–water partition coefficient (Wildman–Crippen LogP) is 1.44. The van der Waals surface area contributed by atoms with E-state index in [0.29, 0.717) is 29.9 Å². The average Bonchev–Trinajstić information content (AvgIpc) is 2.38. The van der Waals surface area contributed by atoms with Crippen LogP contribution in [0.15, 0.2) is 27.6 Å². The molecular formula is C12H17BrN2O3S. The summed E-state index contributed by atoms with van der Waals surface area (Å²) < 4.78 is 32.6. The lowest BCUT2D eigenvalue weighted by Gasteiger charge is -2.32. The Bertz CT molecular complexity index is 562. The lowest BCUT2D eigenvalue weighted by Crippen LogP contribution is -2.52. The Morgan fingerprint density at radius 1 is 1.42 bits per heavy atom. The monoisotopic (exact) mass is 348 g/mol. The molecule has 0 spiro atoms. The molecule has 1 aromatic carbocycles. The highest BCUT2D eigenvalue weighted by molar-refractivity contribution is 9.10. The minimum atomic E-state index is -3.48. The number of hydrogen-bond donors (Lipinski definition) is 1. The average molecular weight is 349 g/mol. The maximum absolute atomic E-state index is 12.6. The summed E-state index contributed by atoms with van der Waals surface area (Å²) in [6.45, 7) is 3.73. The zero-order chi connectivity index (χ0) is 14.0. The molecule has 0 saturated carbocycles. The fourth-order valence-corrected chi connectivity index (χ4v) is 4.43. The molecule has 19 heavy (non-hydrogen) atoms. The van der Waals surface area contributed by atoms with E-state index in [1.54, 1.807) is 18.2 Å². The SMILES string of the molecule is COc1cc(Br)cc(S(=O)(=O)N2CCNCC2C)c1. The second-order valence-electron chi connectivity index (χ2n) is 4.50. The van der Waals surface area contributed by atoms with Crippen molar-refractivity contribution < 1.29 is 13.2 Å². The number of ether oxygens (including phenoxy) is 1. The summed E-state index contributed by atoms with van der Waals surface area (Å²) in [4.78, 5) is 0.257. The predicted molar refractivity (Wildman–Crippen MR) is 76.9 cm³/mol. The van der Waals surface area contributed by atoms with Gasteiger partial charge >= 0.3 is 0 Å². The zero-order valence-electron chi connectivity index (χ0n) is 10.9. The van der Waals surface area contributed by atoms with Gasteiger partial charge in [-0.15, -0.1) is 0 Å². The third kappa shape index (κ3) is 3.10. The Morgan fingerprint density at radius 3 is 2.79 bits per heavy atom. The topological polar surface area (TPSA) is 58.6 Å². The van der Waals surface area contributed by atoms with Crippen molar-refractivity contribution in [2.24, 2.45) is 0 Å². The van der Waals surface area contributed by atoms with Crippen molar-refractivity contribution in [1.82, 2.24) is 9.62 Å². The molecule has 1 aromatic rings. The number of nitrogens with one attached hydrogen (secondary N) is 1. The van der Waals surface area contributed by atoms with E-state index in [9.17, 15) is 8.42 Å². The molecule has 2 rings (SSSR count). The van der Waals surface area contributed by atoms with E-state index in [1.165, 1.54) is 11.4 Å². The maximum atomic E-state index is 12.6. The number of rotatable bonds is 3. The third-order valence-corrected chi connectivity index (χ3v) is 5.58. The Hall–Kier alpha value is -0.630. The molecule has 7 heteroatoms. The Morgan fingerprint density at radius 2 is 2.16 bits per heavy atom. The largest absolute Gasteiger partial charge is 0.497 e. The molecule has 1 saturated heterocycles. The second-order valence-corrected chi connectivity index (χ2v) is 7.30. The van der Waals surface area contributed by atoms with E-state index >= 15 is 0 Å². The van der Waals surface area contributed by atoms with Crippen LogP contribution in [0.25, 0.3) is 0 Å². The van der Waals surface area contributed by atoms with Crippen LogP contribution in [0, 0.1) is 0 Å². The normalized spacial score (nSPS) is 21.3. The first-order valence-corrected chi connectivity index (χ1v) is 8.25. The van der Waals surface area contributed by atoms with E-state index < -0.39 is 10.0 Å². The summed E-state index contributed by atoms with van der Waals surface area (Å²) in [6.07, 6.45) is 0. The molecule has 1 N–H and O–H groups in total. The Labute approximate surface area is 122 Å². The Kier molecular flexibility index (Phi) is 4.50. The van der Waals surface area contributed by atoms with Crippen molar-refractivity contribution in [3.63, 3.8) is 0 Å². The van der Waals surface area contributed by atoms with Crippen molar-refractivity contribution in [3.8, 4) is 5.75 Å². The first-order chi connectivity index (χ1) is 8.95. The molecule has 0 aromatic heterocycles. The summed E-state index contributed by atoms with van der Waals surface area (Å²) in [5.74, 6) is 0.524. The van der Waals surface area contributed by atoms with Gasteiger partial charge in [-0.2, -0.15) is 4.31 Å². The standard InChI is InChI=1S/C12H17BrN2O3S/c1-9-8-14-3-4-15(9)19(16,17)12-6-10(13)5-11(7-12)18-2/h5-7,9,14H,3-4,8H2,1-2H3. The number of sulfonamides is 1. The van der Waals surface area contributed by atoms with Crippen molar-refractivity contribution in [2.75, 3.05) is 26.7 Å². The van der Waals surface area contributed by atoms with E-state index in [-0.39, 0.29) is 10.9 Å². The maximum Gasteiger partial charge on any atom is 0.243 e. The molecule has 106 valence electrons. The van der Waals surface area contributed by atoms with E-state index in [2.05, 4.69) is 21.2 Å². The molecule has 1 aliphatic rings. The van der Waals surface area contributed by atoms with Crippen LogP contribution < -0.4 is 10.1 Å². The highest BCUT2D eigenvalue weighted by Crippen LogP contribution is 2.27. The van der Waals surface area contributed by atoms with Gasteiger partial charge in [0, 0.05) is 36.2 Å². The smallest absolute Gasteiger partial charge is 0.243 e. The second kappa shape index (κ2) is 5.78. The first-order valence-electron chi connectivity index (χ1n) is 6.02. The van der Waals surface area contributed by atoms with Gasteiger partial charge in [0.1, 0.15) is 5.75 Å². The van der Waals surface area contributed by atoms with E-state index in [0.717, 1.165) is 0 Å². The number of methoxy groups -OCH3 is 1. The third-order valence-electron chi connectivity index (χ3n) is 3.13. The first kappa shape index (κ1) is 14.8. The lowest BCUT2D eigenvalue weighted by molar-refractivity contribution is 0.283. The number of benzene rings is 1. The lowest BCUT2D eigenvalue weighted by atomic mass is 10.3. The number of nitrogens with zero attached hydrogens (tertiary/aromatic N) is 1. The van der Waals surface area contributed by atoms with Gasteiger partial charge < -0.3 is 10.1 Å². The zero-order valence-corrected chi connectivity index (χ0v) is 13.3. The van der Waals surface area contributed by atoms with Crippen LogP contribution in [0.5, 0.6) is 5.75 Å². The minimum absolute atomic E-state index is 0.0521. The summed E-state index contributed by atoms with van der Waals surface area (Å²) in [5.41, 5.74) is 0. The van der Waals surface area contributed by atoms with Crippen LogP contribution >= 0.6 is 15.9 Å². The summed E-state index contributed by atoms with van der Waals surface area (Å²) >= 11 is 3.31. The van der Waals surface area contributed by atoms with E-state index in [1.807, 2.05) is 6.92 Å². The minimum Gasteiger partial charge on any atom is -0.497 e. The van der Waals surface area contributed by atoms with Gasteiger partial charge in [0.25, 0.3) is 0 Å². The molecule has 1 fully saturated rings. The van der Waals surface area contributed by atoms with Crippen LogP contribution in [-0.2, 0) is 10.0 Å². The van der Waals surface area contributed by atoms with Crippen molar-refractivity contribution >= 4 is 26.0 Å².